The fraction of sp³-hybridized carbons (Fsp3) is 0.462. The lowest BCUT2D eigenvalue weighted by atomic mass is 10.3. The number of sulfonamides is 1. The van der Waals surface area contributed by atoms with Crippen molar-refractivity contribution in [3.63, 3.8) is 0 Å². The van der Waals surface area contributed by atoms with Gasteiger partial charge in [-0.2, -0.15) is 13.1 Å². The van der Waals surface area contributed by atoms with E-state index < -0.39 is 22.0 Å². The number of rotatable bonds is 5. The molecule has 0 spiro atoms. The Hall–Kier alpha value is -1.58. The van der Waals surface area contributed by atoms with Gasteiger partial charge in [0.1, 0.15) is 22.0 Å². The number of methoxy groups -OCH3 is 1. The molecule has 0 aliphatic heterocycles. The van der Waals surface area contributed by atoms with Crippen LogP contribution in [0.5, 0.6) is 0 Å². The Labute approximate surface area is 132 Å². The number of carbonyl (C=O) groups is 1. The summed E-state index contributed by atoms with van der Waals surface area (Å²) >= 11 is 0.963. The van der Waals surface area contributed by atoms with Crippen molar-refractivity contribution in [3.05, 3.63) is 18.2 Å². The number of hydrogen-bond donors (Lipinski definition) is 0. The van der Waals surface area contributed by atoms with Crippen LogP contribution in [0.25, 0.3) is 11.0 Å². The summed E-state index contributed by atoms with van der Waals surface area (Å²) in [5.74, 6) is -0.570. The van der Waals surface area contributed by atoms with Crippen molar-refractivity contribution in [2.75, 3.05) is 7.11 Å². The summed E-state index contributed by atoms with van der Waals surface area (Å²) in [5, 5.41) is 0. The highest BCUT2D eigenvalue weighted by atomic mass is 32.2. The standard InChI is InChI=1S/C13H15N3O4S2/c1-8(13(17)20-2)16(9-6-7-9)22(18,19)11-5-3-4-10-12(11)15-21-14-10/h3-5,8-9H,6-7H2,1-2H3. The summed E-state index contributed by atoms with van der Waals surface area (Å²) in [7, 11) is -2.60. The van der Waals surface area contributed by atoms with Gasteiger partial charge in [0.2, 0.25) is 10.0 Å². The fourth-order valence-electron chi connectivity index (χ4n) is 2.43. The summed E-state index contributed by atoms with van der Waals surface area (Å²) in [6.07, 6.45) is 1.48. The lowest BCUT2D eigenvalue weighted by Gasteiger charge is -2.26. The molecule has 1 atom stereocenters. The molecule has 118 valence electrons. The van der Waals surface area contributed by atoms with Crippen molar-refractivity contribution < 1.29 is 17.9 Å². The molecule has 1 aromatic heterocycles. The van der Waals surface area contributed by atoms with Crippen molar-refractivity contribution in [2.45, 2.75) is 36.7 Å². The van der Waals surface area contributed by atoms with E-state index in [4.69, 9.17) is 4.74 Å². The van der Waals surface area contributed by atoms with E-state index in [1.807, 2.05) is 0 Å². The molecule has 0 amide bonds. The first-order chi connectivity index (χ1) is 10.5. The highest BCUT2D eigenvalue weighted by Crippen LogP contribution is 2.35. The lowest BCUT2D eigenvalue weighted by molar-refractivity contribution is -0.144. The van der Waals surface area contributed by atoms with Crippen LogP contribution >= 0.6 is 11.7 Å². The number of hydrogen-bond acceptors (Lipinski definition) is 7. The molecule has 1 aliphatic carbocycles. The molecule has 1 fully saturated rings. The molecule has 1 saturated carbocycles. The average Bonchev–Trinajstić information content (AvgIpc) is 3.20. The predicted octanol–water partition coefficient (Wildman–Crippen LogP) is 1.41. The monoisotopic (exact) mass is 341 g/mol. The Kier molecular flexibility index (Phi) is 3.87. The van der Waals surface area contributed by atoms with Gasteiger partial charge < -0.3 is 4.74 Å². The highest BCUT2D eigenvalue weighted by molar-refractivity contribution is 7.89. The molecule has 1 unspecified atom stereocenters. The Morgan fingerprint density at radius 3 is 2.77 bits per heavy atom. The zero-order valence-corrected chi connectivity index (χ0v) is 13.7. The minimum atomic E-state index is -3.85. The molecule has 0 radical (unpaired) electrons. The molecule has 0 saturated heterocycles. The van der Waals surface area contributed by atoms with E-state index in [0.29, 0.717) is 11.0 Å². The summed E-state index contributed by atoms with van der Waals surface area (Å²) in [4.78, 5) is 11.9. The average molecular weight is 341 g/mol. The minimum absolute atomic E-state index is 0.0846. The maximum Gasteiger partial charge on any atom is 0.323 e. The van der Waals surface area contributed by atoms with Crippen LogP contribution in [0.3, 0.4) is 0 Å². The maximum absolute atomic E-state index is 13.0. The van der Waals surface area contributed by atoms with Crippen molar-refractivity contribution in [2.24, 2.45) is 0 Å². The Balaban J connectivity index is 2.10. The minimum Gasteiger partial charge on any atom is -0.468 e. The zero-order chi connectivity index (χ0) is 15.9. The van der Waals surface area contributed by atoms with Crippen LogP contribution in [-0.2, 0) is 19.6 Å². The van der Waals surface area contributed by atoms with E-state index >= 15 is 0 Å². The van der Waals surface area contributed by atoms with Gasteiger partial charge in [-0.3, -0.25) is 4.79 Å². The molecule has 1 heterocycles. The second kappa shape index (κ2) is 5.56. The van der Waals surface area contributed by atoms with E-state index in [-0.39, 0.29) is 10.9 Å². The summed E-state index contributed by atoms with van der Waals surface area (Å²) in [6, 6.07) is 3.80. The molecule has 2 aromatic rings. The van der Waals surface area contributed by atoms with Crippen molar-refractivity contribution in [3.8, 4) is 0 Å². The van der Waals surface area contributed by atoms with Crippen LogP contribution in [0, 0.1) is 0 Å². The third-order valence-corrected chi connectivity index (χ3v) is 6.23. The number of ether oxygens (including phenoxy) is 1. The predicted molar refractivity (Wildman–Crippen MR) is 80.9 cm³/mol. The number of carbonyl (C=O) groups excluding carboxylic acids is 1. The zero-order valence-electron chi connectivity index (χ0n) is 12.1. The molecular weight excluding hydrogens is 326 g/mol. The number of nitrogens with zero attached hydrogens (tertiary/aromatic N) is 3. The SMILES string of the molecule is COC(=O)C(C)N(C1CC1)S(=O)(=O)c1cccc2nsnc12. The summed E-state index contributed by atoms with van der Waals surface area (Å²) < 4.78 is 40.2. The van der Waals surface area contributed by atoms with Crippen LogP contribution in [-0.4, -0.2) is 46.6 Å². The first-order valence-corrected chi connectivity index (χ1v) is 8.96. The van der Waals surface area contributed by atoms with Gasteiger partial charge in [-0.15, -0.1) is 0 Å². The van der Waals surface area contributed by atoms with Crippen LogP contribution < -0.4 is 0 Å². The summed E-state index contributed by atoms with van der Waals surface area (Å²) in [6.45, 7) is 1.54. The van der Waals surface area contributed by atoms with E-state index in [2.05, 4.69) is 8.75 Å². The molecule has 9 heteroatoms. The second-order valence-corrected chi connectivity index (χ2v) is 7.49. The number of esters is 1. The quantitative estimate of drug-likeness (QED) is 0.764. The van der Waals surface area contributed by atoms with Gasteiger partial charge in [-0.1, -0.05) is 6.07 Å². The van der Waals surface area contributed by atoms with Crippen LogP contribution in [0.1, 0.15) is 19.8 Å². The number of fused-ring (bicyclic) bond motifs is 1. The van der Waals surface area contributed by atoms with Crippen LogP contribution in [0.15, 0.2) is 23.1 Å². The molecule has 7 nitrogen and oxygen atoms in total. The largest absolute Gasteiger partial charge is 0.468 e. The van der Waals surface area contributed by atoms with E-state index in [1.165, 1.54) is 17.5 Å². The van der Waals surface area contributed by atoms with Crippen LogP contribution in [0.4, 0.5) is 0 Å². The Morgan fingerprint density at radius 1 is 1.41 bits per heavy atom. The lowest BCUT2D eigenvalue weighted by Crippen LogP contribution is -2.45. The van der Waals surface area contributed by atoms with Gasteiger partial charge >= 0.3 is 5.97 Å². The third-order valence-electron chi connectivity index (χ3n) is 3.64. The van der Waals surface area contributed by atoms with Crippen molar-refractivity contribution >= 4 is 38.8 Å². The topological polar surface area (TPSA) is 89.5 Å². The first-order valence-electron chi connectivity index (χ1n) is 6.79. The van der Waals surface area contributed by atoms with Gasteiger partial charge in [-0.25, -0.2) is 8.42 Å². The molecule has 1 aliphatic rings. The first kappa shape index (κ1) is 15.3. The van der Waals surface area contributed by atoms with E-state index in [0.717, 1.165) is 24.6 Å². The molecule has 0 N–H and O–H groups in total. The normalized spacial score (nSPS) is 16.9. The molecule has 22 heavy (non-hydrogen) atoms. The Morgan fingerprint density at radius 2 is 2.14 bits per heavy atom. The van der Waals surface area contributed by atoms with Gasteiger partial charge in [-0.05, 0) is 31.9 Å². The second-order valence-electron chi connectivity index (χ2n) is 5.15. The van der Waals surface area contributed by atoms with E-state index in [9.17, 15) is 13.2 Å². The molecule has 0 bridgehead atoms. The molecule has 3 rings (SSSR count). The van der Waals surface area contributed by atoms with Crippen molar-refractivity contribution in [1.82, 2.24) is 13.1 Å². The van der Waals surface area contributed by atoms with Gasteiger partial charge in [0, 0.05) is 6.04 Å². The molecule has 1 aromatic carbocycles. The summed E-state index contributed by atoms with van der Waals surface area (Å²) in [5.41, 5.74) is 0.878. The fourth-order valence-corrected chi connectivity index (χ4v) is 5.01. The smallest absolute Gasteiger partial charge is 0.323 e. The molecular formula is C13H15N3O4S2. The van der Waals surface area contributed by atoms with Crippen molar-refractivity contribution in [1.29, 1.82) is 0 Å². The van der Waals surface area contributed by atoms with E-state index in [1.54, 1.807) is 19.1 Å². The maximum atomic E-state index is 13.0. The van der Waals surface area contributed by atoms with Gasteiger partial charge in [0.15, 0.2) is 0 Å². The number of benzene rings is 1. The third kappa shape index (κ3) is 2.49. The number of aromatic nitrogens is 2. The highest BCUT2D eigenvalue weighted by Gasteiger charge is 2.44. The van der Waals surface area contributed by atoms with Crippen LogP contribution in [0.2, 0.25) is 0 Å². The van der Waals surface area contributed by atoms with Gasteiger partial charge in [0.05, 0.1) is 18.8 Å². The van der Waals surface area contributed by atoms with Gasteiger partial charge in [0.25, 0.3) is 0 Å². The Bertz CT molecular complexity index is 814.